The SMILES string of the molecule is ClCc1nc2cnccc2n1C1CCCCCCC1. The van der Waals surface area contributed by atoms with Crippen LogP contribution in [-0.4, -0.2) is 14.5 Å². The van der Waals surface area contributed by atoms with E-state index < -0.39 is 0 Å². The number of fused-ring (bicyclic) bond motifs is 1. The molecule has 3 nitrogen and oxygen atoms in total. The molecule has 0 N–H and O–H groups in total. The summed E-state index contributed by atoms with van der Waals surface area (Å²) >= 11 is 6.09. The van der Waals surface area contributed by atoms with Crippen molar-refractivity contribution in [2.75, 3.05) is 0 Å². The molecule has 0 unspecified atom stereocenters. The molecule has 2 heterocycles. The van der Waals surface area contributed by atoms with Crippen LogP contribution in [0.15, 0.2) is 18.5 Å². The van der Waals surface area contributed by atoms with Crippen LogP contribution in [0, 0.1) is 0 Å². The van der Waals surface area contributed by atoms with Gasteiger partial charge in [-0.1, -0.05) is 32.1 Å². The molecule has 1 aliphatic carbocycles. The maximum absolute atomic E-state index is 6.09. The smallest absolute Gasteiger partial charge is 0.125 e. The average Bonchev–Trinajstić information content (AvgIpc) is 2.77. The Morgan fingerprint density at radius 3 is 2.63 bits per heavy atom. The van der Waals surface area contributed by atoms with Crippen LogP contribution >= 0.6 is 11.6 Å². The Balaban J connectivity index is 2.01. The maximum atomic E-state index is 6.09. The third-order valence-electron chi connectivity index (χ3n) is 4.12. The van der Waals surface area contributed by atoms with E-state index in [4.69, 9.17) is 11.6 Å². The summed E-state index contributed by atoms with van der Waals surface area (Å²) in [4.78, 5) is 8.79. The number of imidazole rings is 1. The highest BCUT2D eigenvalue weighted by atomic mass is 35.5. The van der Waals surface area contributed by atoms with Crippen molar-refractivity contribution >= 4 is 22.6 Å². The van der Waals surface area contributed by atoms with E-state index in [0.717, 1.165) is 11.3 Å². The number of halogens is 1. The fourth-order valence-corrected chi connectivity index (χ4v) is 3.38. The Morgan fingerprint density at radius 2 is 1.89 bits per heavy atom. The van der Waals surface area contributed by atoms with Crippen molar-refractivity contribution in [1.29, 1.82) is 0 Å². The molecule has 1 fully saturated rings. The number of hydrogen-bond donors (Lipinski definition) is 0. The molecule has 3 rings (SSSR count). The molecular formula is C15H20ClN3. The summed E-state index contributed by atoms with van der Waals surface area (Å²) < 4.78 is 2.37. The second kappa shape index (κ2) is 5.91. The van der Waals surface area contributed by atoms with Gasteiger partial charge in [-0.05, 0) is 18.9 Å². The van der Waals surface area contributed by atoms with Crippen LogP contribution in [0.4, 0.5) is 0 Å². The van der Waals surface area contributed by atoms with E-state index in [1.54, 1.807) is 0 Å². The van der Waals surface area contributed by atoms with Crippen LogP contribution in [0.1, 0.15) is 56.8 Å². The second-order valence-electron chi connectivity index (χ2n) is 5.39. The Kier molecular flexibility index (Phi) is 4.02. The summed E-state index contributed by atoms with van der Waals surface area (Å²) in [6.07, 6.45) is 12.9. The van der Waals surface area contributed by atoms with Gasteiger partial charge in [-0.15, -0.1) is 11.6 Å². The van der Waals surface area contributed by atoms with Gasteiger partial charge in [0.15, 0.2) is 0 Å². The zero-order valence-corrected chi connectivity index (χ0v) is 11.9. The molecule has 4 heteroatoms. The number of aromatic nitrogens is 3. The van der Waals surface area contributed by atoms with Crippen molar-refractivity contribution in [3.05, 3.63) is 24.3 Å². The van der Waals surface area contributed by atoms with Crippen molar-refractivity contribution in [3.63, 3.8) is 0 Å². The molecule has 102 valence electrons. The molecule has 1 aliphatic rings. The molecule has 0 aliphatic heterocycles. The fraction of sp³-hybridized carbons (Fsp3) is 0.600. The van der Waals surface area contributed by atoms with E-state index in [1.165, 1.54) is 50.5 Å². The molecule has 0 amide bonds. The first-order valence-electron chi connectivity index (χ1n) is 7.27. The van der Waals surface area contributed by atoms with E-state index in [0.29, 0.717) is 11.9 Å². The van der Waals surface area contributed by atoms with Gasteiger partial charge in [-0.2, -0.15) is 0 Å². The third-order valence-corrected chi connectivity index (χ3v) is 4.36. The van der Waals surface area contributed by atoms with Gasteiger partial charge in [-0.3, -0.25) is 4.98 Å². The zero-order valence-electron chi connectivity index (χ0n) is 11.2. The summed E-state index contributed by atoms with van der Waals surface area (Å²) in [5, 5.41) is 0. The predicted octanol–water partition coefficient (Wildman–Crippen LogP) is 4.46. The maximum Gasteiger partial charge on any atom is 0.125 e. The first-order valence-corrected chi connectivity index (χ1v) is 7.80. The second-order valence-corrected chi connectivity index (χ2v) is 5.66. The lowest BCUT2D eigenvalue weighted by molar-refractivity contribution is 0.373. The van der Waals surface area contributed by atoms with Crippen LogP contribution in [0.5, 0.6) is 0 Å². The first-order chi connectivity index (χ1) is 9.40. The summed E-state index contributed by atoms with van der Waals surface area (Å²) in [6.45, 7) is 0. The Hall–Kier alpha value is -1.09. The Bertz CT molecular complexity index is 541. The molecule has 0 radical (unpaired) electrons. The number of alkyl halides is 1. The van der Waals surface area contributed by atoms with E-state index in [2.05, 4.69) is 20.6 Å². The standard InChI is InChI=1S/C15H20ClN3/c16-10-15-18-13-11-17-9-8-14(13)19(15)12-6-4-2-1-3-5-7-12/h8-9,11-12H,1-7,10H2. The van der Waals surface area contributed by atoms with Crippen LogP contribution in [-0.2, 0) is 5.88 Å². The third kappa shape index (κ3) is 2.62. The molecule has 0 aromatic carbocycles. The molecule has 2 aromatic heterocycles. The van der Waals surface area contributed by atoms with Crippen LogP contribution in [0.25, 0.3) is 11.0 Å². The minimum absolute atomic E-state index is 0.477. The molecule has 2 aromatic rings. The van der Waals surface area contributed by atoms with Crippen molar-refractivity contribution in [2.24, 2.45) is 0 Å². The van der Waals surface area contributed by atoms with E-state index in [-0.39, 0.29) is 0 Å². The molecular weight excluding hydrogens is 258 g/mol. The average molecular weight is 278 g/mol. The molecule has 0 atom stereocenters. The lowest BCUT2D eigenvalue weighted by Crippen LogP contribution is -2.13. The predicted molar refractivity (Wildman–Crippen MR) is 78.4 cm³/mol. The van der Waals surface area contributed by atoms with Gasteiger partial charge in [0.2, 0.25) is 0 Å². The fourth-order valence-electron chi connectivity index (χ4n) is 3.20. The highest BCUT2D eigenvalue weighted by Crippen LogP contribution is 2.31. The highest BCUT2D eigenvalue weighted by molar-refractivity contribution is 6.16. The summed E-state index contributed by atoms with van der Waals surface area (Å²) in [5.41, 5.74) is 2.16. The summed E-state index contributed by atoms with van der Waals surface area (Å²) in [5.74, 6) is 1.47. The summed E-state index contributed by atoms with van der Waals surface area (Å²) in [7, 11) is 0. The lowest BCUT2D eigenvalue weighted by Gasteiger charge is -2.23. The molecule has 0 saturated heterocycles. The van der Waals surface area contributed by atoms with E-state index >= 15 is 0 Å². The van der Waals surface area contributed by atoms with Crippen LogP contribution in [0.3, 0.4) is 0 Å². The molecule has 0 bridgehead atoms. The number of pyridine rings is 1. The van der Waals surface area contributed by atoms with Gasteiger partial charge >= 0.3 is 0 Å². The number of nitrogens with zero attached hydrogens (tertiary/aromatic N) is 3. The first kappa shape index (κ1) is 12.9. The lowest BCUT2D eigenvalue weighted by atomic mass is 9.96. The van der Waals surface area contributed by atoms with Crippen molar-refractivity contribution < 1.29 is 0 Å². The van der Waals surface area contributed by atoms with E-state index in [9.17, 15) is 0 Å². The van der Waals surface area contributed by atoms with Crippen LogP contribution in [0.2, 0.25) is 0 Å². The molecule has 1 saturated carbocycles. The van der Waals surface area contributed by atoms with Gasteiger partial charge in [0.1, 0.15) is 11.3 Å². The van der Waals surface area contributed by atoms with Crippen molar-refractivity contribution in [1.82, 2.24) is 14.5 Å². The monoisotopic (exact) mass is 277 g/mol. The van der Waals surface area contributed by atoms with Gasteiger partial charge < -0.3 is 4.57 Å². The van der Waals surface area contributed by atoms with Gasteiger partial charge in [0.05, 0.1) is 17.6 Å². The highest BCUT2D eigenvalue weighted by Gasteiger charge is 2.19. The number of rotatable bonds is 2. The normalized spacial score (nSPS) is 18.4. The van der Waals surface area contributed by atoms with Gasteiger partial charge in [0, 0.05) is 12.2 Å². The van der Waals surface area contributed by atoms with Gasteiger partial charge in [0.25, 0.3) is 0 Å². The minimum atomic E-state index is 0.477. The molecule has 19 heavy (non-hydrogen) atoms. The summed E-state index contributed by atoms with van der Waals surface area (Å²) in [6, 6.07) is 2.62. The Morgan fingerprint density at radius 1 is 1.16 bits per heavy atom. The molecule has 0 spiro atoms. The van der Waals surface area contributed by atoms with Gasteiger partial charge in [-0.25, -0.2) is 4.98 Å². The largest absolute Gasteiger partial charge is 0.324 e. The minimum Gasteiger partial charge on any atom is -0.324 e. The van der Waals surface area contributed by atoms with Crippen molar-refractivity contribution in [3.8, 4) is 0 Å². The zero-order chi connectivity index (χ0) is 13.1. The van der Waals surface area contributed by atoms with Crippen LogP contribution < -0.4 is 0 Å². The van der Waals surface area contributed by atoms with E-state index in [1.807, 2.05) is 12.4 Å². The van der Waals surface area contributed by atoms with Crippen molar-refractivity contribution in [2.45, 2.75) is 56.9 Å². The quantitative estimate of drug-likeness (QED) is 0.759. The Labute approximate surface area is 119 Å². The number of hydrogen-bond acceptors (Lipinski definition) is 2. The topological polar surface area (TPSA) is 30.7 Å².